The van der Waals surface area contributed by atoms with Gasteiger partial charge in [0, 0.05) is 43.5 Å². The van der Waals surface area contributed by atoms with Crippen molar-refractivity contribution < 1.29 is 18.7 Å². The molecule has 0 saturated carbocycles. The molecular weight excluding hydrogens is 373 g/mol. The number of nitrogens with zero attached hydrogens (tertiary/aromatic N) is 2. The number of hydrogen-bond acceptors (Lipinski definition) is 4. The fourth-order valence-corrected chi connectivity index (χ4v) is 3.54. The van der Waals surface area contributed by atoms with E-state index in [4.69, 9.17) is 4.74 Å². The maximum Gasteiger partial charge on any atom is 0.294 e. The highest BCUT2D eigenvalue weighted by Gasteiger charge is 2.24. The third-order valence-corrected chi connectivity index (χ3v) is 5.07. The van der Waals surface area contributed by atoms with Crippen molar-refractivity contribution in [3.63, 3.8) is 0 Å². The molecule has 29 heavy (non-hydrogen) atoms. The largest absolute Gasteiger partial charge is 0.379 e. The average Bonchev–Trinajstić information content (AvgIpc) is 3.14. The molecule has 3 aromatic rings. The molecule has 1 fully saturated rings. The summed E-state index contributed by atoms with van der Waals surface area (Å²) >= 11 is 0. The molecular formula is C22H22FN3O3. The van der Waals surface area contributed by atoms with Crippen LogP contribution >= 0.6 is 0 Å². The molecule has 0 unspecified atom stereocenters. The number of ketones is 1. The van der Waals surface area contributed by atoms with E-state index < -0.39 is 11.7 Å². The number of rotatable bonds is 6. The summed E-state index contributed by atoms with van der Waals surface area (Å²) in [5, 5.41) is 2.73. The Labute approximate surface area is 167 Å². The highest BCUT2D eigenvalue weighted by molar-refractivity contribution is 6.43. The minimum atomic E-state index is -0.648. The van der Waals surface area contributed by atoms with Crippen molar-refractivity contribution in [1.29, 1.82) is 0 Å². The fraction of sp³-hybridized carbons (Fsp3) is 0.273. The van der Waals surface area contributed by atoms with Crippen molar-refractivity contribution in [2.75, 3.05) is 39.4 Å². The number of morpholine rings is 1. The summed E-state index contributed by atoms with van der Waals surface area (Å²) in [5.74, 6) is -1.62. The third kappa shape index (κ3) is 4.21. The second-order valence-corrected chi connectivity index (χ2v) is 6.95. The van der Waals surface area contributed by atoms with Crippen LogP contribution in [0, 0.1) is 5.82 Å². The summed E-state index contributed by atoms with van der Waals surface area (Å²) in [4.78, 5) is 27.8. The van der Waals surface area contributed by atoms with E-state index in [1.165, 1.54) is 12.1 Å². The number of ether oxygens (including phenoxy) is 1. The van der Waals surface area contributed by atoms with Gasteiger partial charge in [0.15, 0.2) is 0 Å². The fourth-order valence-electron chi connectivity index (χ4n) is 3.54. The van der Waals surface area contributed by atoms with Gasteiger partial charge < -0.3 is 14.5 Å². The van der Waals surface area contributed by atoms with Crippen LogP contribution < -0.4 is 5.32 Å². The highest BCUT2D eigenvalue weighted by atomic mass is 19.1. The number of carbonyl (C=O) groups excluding carboxylic acids is 2. The summed E-state index contributed by atoms with van der Waals surface area (Å²) < 4.78 is 20.3. The summed E-state index contributed by atoms with van der Waals surface area (Å²) in [5.41, 5.74) is 2.34. The van der Waals surface area contributed by atoms with Gasteiger partial charge in [0.25, 0.3) is 11.7 Å². The molecule has 0 atom stereocenters. The summed E-state index contributed by atoms with van der Waals surface area (Å²) in [6.07, 6.45) is 1.75. The molecule has 2 aromatic heterocycles. The number of hydrogen-bond donors (Lipinski definition) is 1. The molecule has 3 heterocycles. The Morgan fingerprint density at radius 3 is 2.59 bits per heavy atom. The van der Waals surface area contributed by atoms with E-state index in [2.05, 4.69) is 10.2 Å². The van der Waals surface area contributed by atoms with Crippen molar-refractivity contribution in [1.82, 2.24) is 14.6 Å². The molecule has 1 amide bonds. The number of carbonyl (C=O) groups is 2. The number of halogens is 1. The van der Waals surface area contributed by atoms with Crippen molar-refractivity contribution in [3.8, 4) is 11.1 Å². The lowest BCUT2D eigenvalue weighted by Gasteiger charge is -2.26. The SMILES string of the molecule is O=C(NCCN1CCOCC1)C(=O)c1c(-c2ccc(F)cc2)cc2ccccn12. The van der Waals surface area contributed by atoms with Crippen molar-refractivity contribution in [3.05, 3.63) is 66.2 Å². The molecule has 0 bridgehead atoms. The van der Waals surface area contributed by atoms with Gasteiger partial charge in [0.2, 0.25) is 0 Å². The van der Waals surface area contributed by atoms with Crippen LogP contribution in [-0.2, 0) is 9.53 Å². The zero-order chi connectivity index (χ0) is 20.2. The van der Waals surface area contributed by atoms with E-state index in [0.717, 1.165) is 18.6 Å². The Hall–Kier alpha value is -3.03. The predicted octanol–water partition coefficient (Wildman–Crippen LogP) is 2.38. The normalized spacial score (nSPS) is 14.8. The topological polar surface area (TPSA) is 63.1 Å². The van der Waals surface area contributed by atoms with Gasteiger partial charge in [-0.05, 0) is 35.9 Å². The van der Waals surface area contributed by atoms with Gasteiger partial charge in [-0.3, -0.25) is 14.5 Å². The number of fused-ring (bicyclic) bond motifs is 1. The number of pyridine rings is 1. The lowest BCUT2D eigenvalue weighted by Crippen LogP contribution is -2.42. The van der Waals surface area contributed by atoms with E-state index in [9.17, 15) is 14.0 Å². The molecule has 4 rings (SSSR count). The van der Waals surface area contributed by atoms with Gasteiger partial charge >= 0.3 is 0 Å². The Morgan fingerprint density at radius 1 is 1.07 bits per heavy atom. The first-order chi connectivity index (χ1) is 14.1. The summed E-state index contributed by atoms with van der Waals surface area (Å²) in [6, 6.07) is 13.3. The van der Waals surface area contributed by atoms with Crippen LogP contribution in [0.4, 0.5) is 4.39 Å². The molecule has 150 valence electrons. The van der Waals surface area contributed by atoms with E-state index in [1.807, 2.05) is 18.2 Å². The maximum atomic E-state index is 13.3. The molecule has 1 aromatic carbocycles. The number of benzene rings is 1. The molecule has 1 aliphatic rings. The second-order valence-electron chi connectivity index (χ2n) is 6.95. The average molecular weight is 395 g/mol. The standard InChI is InChI=1S/C22H22FN3O3/c23-17-6-4-16(5-7-17)19-15-18-3-1-2-9-26(18)20(19)21(27)22(28)24-8-10-25-11-13-29-14-12-25/h1-7,9,15H,8,10-14H2,(H,24,28). The molecule has 0 radical (unpaired) electrons. The first-order valence-electron chi connectivity index (χ1n) is 9.62. The highest BCUT2D eigenvalue weighted by Crippen LogP contribution is 2.28. The molecule has 1 N–H and O–H groups in total. The van der Waals surface area contributed by atoms with Crippen LogP contribution in [-0.4, -0.2) is 60.4 Å². The van der Waals surface area contributed by atoms with Gasteiger partial charge in [-0.2, -0.15) is 0 Å². The maximum absolute atomic E-state index is 13.3. The lowest BCUT2D eigenvalue weighted by atomic mass is 10.0. The molecule has 0 aliphatic carbocycles. The van der Waals surface area contributed by atoms with Crippen LogP contribution in [0.3, 0.4) is 0 Å². The second kappa shape index (κ2) is 8.55. The minimum Gasteiger partial charge on any atom is -0.379 e. The molecule has 0 spiro atoms. The van der Waals surface area contributed by atoms with Gasteiger partial charge in [-0.15, -0.1) is 0 Å². The van der Waals surface area contributed by atoms with E-state index >= 15 is 0 Å². The van der Waals surface area contributed by atoms with E-state index in [0.29, 0.717) is 37.4 Å². The molecule has 1 aliphatic heterocycles. The summed E-state index contributed by atoms with van der Waals surface area (Å²) in [7, 11) is 0. The first-order valence-corrected chi connectivity index (χ1v) is 9.62. The third-order valence-electron chi connectivity index (χ3n) is 5.07. The van der Waals surface area contributed by atoms with Crippen LogP contribution in [0.25, 0.3) is 16.6 Å². The van der Waals surface area contributed by atoms with Crippen molar-refractivity contribution in [2.24, 2.45) is 0 Å². The van der Waals surface area contributed by atoms with Crippen molar-refractivity contribution in [2.45, 2.75) is 0 Å². The Morgan fingerprint density at radius 2 is 1.83 bits per heavy atom. The zero-order valence-electron chi connectivity index (χ0n) is 15.9. The van der Waals surface area contributed by atoms with E-state index in [1.54, 1.807) is 28.8 Å². The first kappa shape index (κ1) is 19.3. The van der Waals surface area contributed by atoms with E-state index in [-0.39, 0.29) is 11.5 Å². The van der Waals surface area contributed by atoms with Gasteiger partial charge in [0.1, 0.15) is 11.5 Å². The summed E-state index contributed by atoms with van der Waals surface area (Å²) in [6.45, 7) is 4.07. The van der Waals surface area contributed by atoms with Crippen LogP contribution in [0.5, 0.6) is 0 Å². The lowest BCUT2D eigenvalue weighted by molar-refractivity contribution is -0.117. The smallest absolute Gasteiger partial charge is 0.294 e. The Balaban J connectivity index is 1.56. The number of aromatic nitrogens is 1. The van der Waals surface area contributed by atoms with Crippen LogP contribution in [0.2, 0.25) is 0 Å². The molecule has 1 saturated heterocycles. The predicted molar refractivity (Wildman–Crippen MR) is 107 cm³/mol. The van der Waals surface area contributed by atoms with Crippen molar-refractivity contribution >= 4 is 17.2 Å². The number of amides is 1. The van der Waals surface area contributed by atoms with Gasteiger partial charge in [-0.1, -0.05) is 18.2 Å². The number of Topliss-reactive ketones (excluding diaryl/α,β-unsaturated/α-hetero) is 1. The Kier molecular flexibility index (Phi) is 5.69. The number of nitrogens with one attached hydrogen (secondary N) is 1. The monoisotopic (exact) mass is 395 g/mol. The van der Waals surface area contributed by atoms with Crippen LogP contribution in [0.15, 0.2) is 54.7 Å². The quantitative estimate of drug-likeness (QED) is 0.514. The molecule has 6 nitrogen and oxygen atoms in total. The van der Waals surface area contributed by atoms with Crippen LogP contribution in [0.1, 0.15) is 10.5 Å². The van der Waals surface area contributed by atoms with Gasteiger partial charge in [0.05, 0.1) is 13.2 Å². The Bertz CT molecular complexity index is 1020. The minimum absolute atomic E-state index is 0.274. The zero-order valence-corrected chi connectivity index (χ0v) is 15.9. The van der Waals surface area contributed by atoms with Gasteiger partial charge in [-0.25, -0.2) is 4.39 Å². The molecule has 7 heteroatoms.